The SMILES string of the molecule is Cc1ccc2c(c1)nc(CCl)n2CCCC(N)=O. The highest BCUT2D eigenvalue weighted by Gasteiger charge is 2.09. The van der Waals surface area contributed by atoms with E-state index in [0.29, 0.717) is 25.3 Å². The first-order valence-electron chi connectivity index (χ1n) is 5.92. The van der Waals surface area contributed by atoms with Gasteiger partial charge in [0.05, 0.1) is 16.9 Å². The Hall–Kier alpha value is -1.55. The third kappa shape index (κ3) is 2.64. The van der Waals surface area contributed by atoms with Gasteiger partial charge in [-0.25, -0.2) is 4.98 Å². The molecule has 0 aliphatic rings. The van der Waals surface area contributed by atoms with Crippen LogP contribution in [0.1, 0.15) is 24.2 Å². The summed E-state index contributed by atoms with van der Waals surface area (Å²) < 4.78 is 2.06. The largest absolute Gasteiger partial charge is 0.370 e. The first-order valence-corrected chi connectivity index (χ1v) is 6.45. The molecular weight excluding hydrogens is 250 g/mol. The highest BCUT2D eigenvalue weighted by molar-refractivity contribution is 6.16. The van der Waals surface area contributed by atoms with Gasteiger partial charge in [-0.15, -0.1) is 11.6 Å². The summed E-state index contributed by atoms with van der Waals surface area (Å²) in [5.41, 5.74) is 8.32. The van der Waals surface area contributed by atoms with E-state index in [-0.39, 0.29) is 5.91 Å². The predicted octanol–water partition coefficient (Wildman–Crippen LogP) is 2.35. The third-order valence-corrected chi connectivity index (χ3v) is 3.15. The van der Waals surface area contributed by atoms with Gasteiger partial charge in [0, 0.05) is 13.0 Å². The lowest BCUT2D eigenvalue weighted by Gasteiger charge is -2.06. The lowest BCUT2D eigenvalue weighted by Crippen LogP contribution is -2.12. The normalized spacial score (nSPS) is 11.0. The number of nitrogens with two attached hydrogens (primary N) is 1. The number of imidazole rings is 1. The van der Waals surface area contributed by atoms with Crippen LogP contribution in [-0.2, 0) is 17.2 Å². The molecule has 0 aliphatic carbocycles. The van der Waals surface area contributed by atoms with Gasteiger partial charge in [-0.2, -0.15) is 0 Å². The molecule has 0 atom stereocenters. The maximum atomic E-state index is 10.8. The summed E-state index contributed by atoms with van der Waals surface area (Å²) in [6.45, 7) is 2.75. The molecule has 1 amide bonds. The second-order valence-corrected chi connectivity index (χ2v) is 4.64. The quantitative estimate of drug-likeness (QED) is 0.844. The monoisotopic (exact) mass is 265 g/mol. The van der Waals surface area contributed by atoms with Crippen molar-refractivity contribution in [1.82, 2.24) is 9.55 Å². The number of carbonyl (C=O) groups is 1. The molecule has 0 bridgehead atoms. The fourth-order valence-electron chi connectivity index (χ4n) is 2.05. The van der Waals surface area contributed by atoms with Gasteiger partial charge in [0.25, 0.3) is 0 Å². The van der Waals surface area contributed by atoms with Crippen molar-refractivity contribution in [1.29, 1.82) is 0 Å². The fourth-order valence-corrected chi connectivity index (χ4v) is 2.26. The van der Waals surface area contributed by atoms with Gasteiger partial charge in [-0.3, -0.25) is 4.79 Å². The minimum Gasteiger partial charge on any atom is -0.370 e. The van der Waals surface area contributed by atoms with E-state index in [2.05, 4.69) is 9.55 Å². The number of halogens is 1. The summed E-state index contributed by atoms with van der Waals surface area (Å²) in [6, 6.07) is 6.13. The lowest BCUT2D eigenvalue weighted by molar-refractivity contribution is -0.118. The van der Waals surface area contributed by atoms with E-state index in [1.165, 1.54) is 5.56 Å². The molecule has 96 valence electrons. The van der Waals surface area contributed by atoms with Gasteiger partial charge in [0.2, 0.25) is 5.91 Å². The van der Waals surface area contributed by atoms with Crippen molar-refractivity contribution in [3.05, 3.63) is 29.6 Å². The van der Waals surface area contributed by atoms with E-state index in [0.717, 1.165) is 16.9 Å². The van der Waals surface area contributed by atoms with Crippen molar-refractivity contribution >= 4 is 28.5 Å². The molecule has 0 fully saturated rings. The molecule has 1 heterocycles. The number of aryl methyl sites for hydroxylation is 2. The van der Waals surface area contributed by atoms with Crippen LogP contribution in [0.2, 0.25) is 0 Å². The van der Waals surface area contributed by atoms with E-state index in [4.69, 9.17) is 17.3 Å². The second-order valence-electron chi connectivity index (χ2n) is 4.38. The van der Waals surface area contributed by atoms with Crippen molar-refractivity contribution in [2.24, 2.45) is 5.73 Å². The maximum Gasteiger partial charge on any atom is 0.217 e. The van der Waals surface area contributed by atoms with Crippen LogP contribution in [0.3, 0.4) is 0 Å². The summed E-state index contributed by atoms with van der Waals surface area (Å²) in [7, 11) is 0. The molecule has 0 unspecified atom stereocenters. The van der Waals surface area contributed by atoms with Gasteiger partial charge in [0.1, 0.15) is 5.82 Å². The van der Waals surface area contributed by atoms with E-state index in [9.17, 15) is 4.79 Å². The van der Waals surface area contributed by atoms with Crippen molar-refractivity contribution < 1.29 is 4.79 Å². The first-order chi connectivity index (χ1) is 8.61. The Bertz CT molecular complexity index is 577. The van der Waals surface area contributed by atoms with Gasteiger partial charge in [-0.05, 0) is 31.0 Å². The molecule has 4 nitrogen and oxygen atoms in total. The molecule has 1 aromatic carbocycles. The van der Waals surface area contributed by atoms with E-state index >= 15 is 0 Å². The van der Waals surface area contributed by atoms with Crippen molar-refractivity contribution in [3.63, 3.8) is 0 Å². The molecule has 2 rings (SSSR count). The molecule has 2 N–H and O–H groups in total. The summed E-state index contributed by atoms with van der Waals surface area (Å²) in [4.78, 5) is 15.3. The van der Waals surface area contributed by atoms with Crippen LogP contribution in [0.4, 0.5) is 0 Å². The number of hydrogen-bond donors (Lipinski definition) is 1. The molecule has 0 aliphatic heterocycles. The predicted molar refractivity (Wildman–Crippen MR) is 72.5 cm³/mol. The zero-order valence-corrected chi connectivity index (χ0v) is 11.1. The van der Waals surface area contributed by atoms with Crippen molar-refractivity contribution in [2.45, 2.75) is 32.2 Å². The Kier molecular flexibility index (Phi) is 3.87. The minimum absolute atomic E-state index is 0.275. The molecular formula is C13H16ClN3O. The van der Waals surface area contributed by atoms with Gasteiger partial charge in [0.15, 0.2) is 0 Å². The average molecular weight is 266 g/mol. The average Bonchev–Trinajstić information content (AvgIpc) is 2.66. The fraction of sp³-hybridized carbons (Fsp3) is 0.385. The second kappa shape index (κ2) is 5.40. The number of rotatable bonds is 5. The van der Waals surface area contributed by atoms with Gasteiger partial charge < -0.3 is 10.3 Å². The van der Waals surface area contributed by atoms with Gasteiger partial charge >= 0.3 is 0 Å². The standard InChI is InChI=1S/C13H16ClN3O/c1-9-4-5-11-10(7-9)16-13(8-14)17(11)6-2-3-12(15)18/h4-5,7H,2-3,6,8H2,1H3,(H2,15,18). The zero-order chi connectivity index (χ0) is 13.1. The van der Waals surface area contributed by atoms with Crippen LogP contribution in [0.25, 0.3) is 11.0 Å². The number of primary amides is 1. The van der Waals surface area contributed by atoms with E-state index in [1.807, 2.05) is 25.1 Å². The summed E-state index contributed by atoms with van der Waals surface area (Å²) in [5, 5.41) is 0. The number of nitrogens with zero attached hydrogens (tertiary/aromatic N) is 2. The molecule has 0 saturated carbocycles. The summed E-state index contributed by atoms with van der Waals surface area (Å²) in [5.74, 6) is 0.925. The van der Waals surface area contributed by atoms with Crippen LogP contribution in [0, 0.1) is 6.92 Å². The zero-order valence-electron chi connectivity index (χ0n) is 10.3. The van der Waals surface area contributed by atoms with Crippen LogP contribution in [0.5, 0.6) is 0 Å². The Morgan fingerprint density at radius 1 is 1.50 bits per heavy atom. The highest BCUT2D eigenvalue weighted by atomic mass is 35.5. The first kappa shape index (κ1) is 12.9. The van der Waals surface area contributed by atoms with Crippen LogP contribution >= 0.6 is 11.6 Å². The van der Waals surface area contributed by atoms with Gasteiger partial charge in [-0.1, -0.05) is 6.07 Å². The van der Waals surface area contributed by atoms with Crippen LogP contribution < -0.4 is 5.73 Å². The van der Waals surface area contributed by atoms with E-state index < -0.39 is 0 Å². The Morgan fingerprint density at radius 2 is 2.28 bits per heavy atom. The summed E-state index contributed by atoms with van der Waals surface area (Å²) >= 11 is 5.91. The van der Waals surface area contributed by atoms with Crippen LogP contribution in [0.15, 0.2) is 18.2 Å². The molecule has 0 saturated heterocycles. The Labute approximate surface area is 111 Å². The molecule has 0 spiro atoms. The smallest absolute Gasteiger partial charge is 0.217 e. The van der Waals surface area contributed by atoms with E-state index in [1.54, 1.807) is 0 Å². The van der Waals surface area contributed by atoms with Crippen LogP contribution in [-0.4, -0.2) is 15.5 Å². The number of aromatic nitrogens is 2. The van der Waals surface area contributed by atoms with Crippen molar-refractivity contribution in [2.75, 3.05) is 0 Å². The maximum absolute atomic E-state index is 10.8. The number of hydrogen-bond acceptors (Lipinski definition) is 2. The number of benzene rings is 1. The number of carbonyl (C=O) groups excluding carboxylic acids is 1. The Morgan fingerprint density at radius 3 is 2.94 bits per heavy atom. The molecule has 0 radical (unpaired) electrons. The topological polar surface area (TPSA) is 60.9 Å². The molecule has 5 heteroatoms. The number of alkyl halides is 1. The highest BCUT2D eigenvalue weighted by Crippen LogP contribution is 2.19. The van der Waals surface area contributed by atoms with Crippen molar-refractivity contribution in [3.8, 4) is 0 Å². The number of amides is 1. The third-order valence-electron chi connectivity index (χ3n) is 2.91. The lowest BCUT2D eigenvalue weighted by atomic mass is 10.2. The molecule has 2 aromatic rings. The number of fused-ring (bicyclic) bond motifs is 1. The molecule has 1 aromatic heterocycles. The molecule has 18 heavy (non-hydrogen) atoms. The minimum atomic E-state index is -0.275. The Balaban J connectivity index is 2.31. The summed E-state index contributed by atoms with van der Waals surface area (Å²) in [6.07, 6.45) is 1.09.